The molecule has 0 unspecified atom stereocenters. The molecule has 0 saturated carbocycles. The first kappa shape index (κ1) is 12.1. The van der Waals surface area contributed by atoms with Crippen molar-refractivity contribution in [3.05, 3.63) is 29.8 Å². The summed E-state index contributed by atoms with van der Waals surface area (Å²) in [7, 11) is 0. The molecule has 0 radical (unpaired) electrons. The molecule has 0 aliphatic rings. The first-order valence-electron chi connectivity index (χ1n) is 5.80. The molecule has 1 rings (SSSR count). The van der Waals surface area contributed by atoms with E-state index < -0.39 is 0 Å². The molecule has 0 atom stereocenters. The Morgan fingerprint density at radius 2 is 1.93 bits per heavy atom. The highest BCUT2D eigenvalue weighted by molar-refractivity contribution is 5.52. The average Bonchev–Trinajstić information content (AvgIpc) is 2.26. The topological polar surface area (TPSA) is 15.3 Å². The fourth-order valence-electron chi connectivity index (χ4n) is 1.76. The number of aryl methyl sites for hydroxylation is 1. The summed E-state index contributed by atoms with van der Waals surface area (Å²) in [6.07, 6.45) is 0. The minimum atomic E-state index is 1.05. The number of hydrogen-bond donors (Lipinski definition) is 1. The van der Waals surface area contributed by atoms with E-state index in [-0.39, 0.29) is 0 Å². The van der Waals surface area contributed by atoms with Crippen molar-refractivity contribution in [1.82, 2.24) is 5.32 Å². The van der Waals surface area contributed by atoms with Crippen molar-refractivity contribution in [2.24, 2.45) is 0 Å². The van der Waals surface area contributed by atoms with Crippen LogP contribution in [0.3, 0.4) is 0 Å². The van der Waals surface area contributed by atoms with Crippen molar-refractivity contribution in [2.75, 3.05) is 31.1 Å². The lowest BCUT2D eigenvalue weighted by atomic mass is 10.2. The Labute approximate surface area is 93.3 Å². The molecule has 15 heavy (non-hydrogen) atoms. The van der Waals surface area contributed by atoms with Crippen LogP contribution in [-0.2, 0) is 0 Å². The molecule has 2 nitrogen and oxygen atoms in total. The zero-order chi connectivity index (χ0) is 11.1. The second-order valence-corrected chi connectivity index (χ2v) is 3.72. The highest BCUT2D eigenvalue weighted by Crippen LogP contribution is 2.18. The zero-order valence-electron chi connectivity index (χ0n) is 10.1. The number of nitrogens with zero attached hydrogens (tertiary/aromatic N) is 1. The van der Waals surface area contributed by atoms with Crippen LogP contribution in [0.15, 0.2) is 24.3 Å². The number of benzene rings is 1. The highest BCUT2D eigenvalue weighted by Gasteiger charge is 2.05. The Balaban J connectivity index is 2.61. The van der Waals surface area contributed by atoms with Crippen molar-refractivity contribution >= 4 is 5.69 Å². The lowest BCUT2D eigenvalue weighted by molar-refractivity contribution is 0.687. The molecule has 0 aliphatic heterocycles. The molecule has 1 aromatic carbocycles. The maximum atomic E-state index is 3.36. The summed E-state index contributed by atoms with van der Waals surface area (Å²) in [5.41, 5.74) is 2.72. The predicted molar refractivity (Wildman–Crippen MR) is 67.6 cm³/mol. The van der Waals surface area contributed by atoms with Crippen LogP contribution in [0.4, 0.5) is 5.69 Å². The molecule has 0 spiro atoms. The van der Waals surface area contributed by atoms with Gasteiger partial charge in [-0.15, -0.1) is 0 Å². The standard InChI is InChI=1S/C13H22N2/c1-4-14-10-11-15(5-2)13-9-7-6-8-12(13)3/h6-9,14H,4-5,10-11H2,1-3H3. The SMILES string of the molecule is CCNCCN(CC)c1ccccc1C. The van der Waals surface area contributed by atoms with Crippen molar-refractivity contribution in [3.63, 3.8) is 0 Å². The molecule has 0 saturated heterocycles. The van der Waals surface area contributed by atoms with Gasteiger partial charge in [0.2, 0.25) is 0 Å². The summed E-state index contributed by atoms with van der Waals surface area (Å²) in [5, 5.41) is 3.36. The van der Waals surface area contributed by atoms with E-state index in [1.807, 2.05) is 0 Å². The first-order chi connectivity index (χ1) is 7.29. The number of para-hydroxylation sites is 1. The lowest BCUT2D eigenvalue weighted by Gasteiger charge is -2.24. The first-order valence-corrected chi connectivity index (χ1v) is 5.80. The van der Waals surface area contributed by atoms with Crippen LogP contribution < -0.4 is 10.2 Å². The third-order valence-electron chi connectivity index (χ3n) is 2.65. The molecule has 1 aromatic rings. The van der Waals surface area contributed by atoms with Gasteiger partial charge in [-0.05, 0) is 32.0 Å². The normalized spacial score (nSPS) is 10.3. The average molecular weight is 206 g/mol. The van der Waals surface area contributed by atoms with Crippen molar-refractivity contribution in [3.8, 4) is 0 Å². The molecule has 0 fully saturated rings. The fraction of sp³-hybridized carbons (Fsp3) is 0.538. The van der Waals surface area contributed by atoms with Crippen molar-refractivity contribution in [2.45, 2.75) is 20.8 Å². The highest BCUT2D eigenvalue weighted by atomic mass is 15.1. The molecule has 1 N–H and O–H groups in total. The molecule has 0 aliphatic carbocycles. The van der Waals surface area contributed by atoms with Gasteiger partial charge in [-0.25, -0.2) is 0 Å². The van der Waals surface area contributed by atoms with Crippen LogP contribution >= 0.6 is 0 Å². The summed E-state index contributed by atoms with van der Waals surface area (Å²) >= 11 is 0. The van der Waals surface area contributed by atoms with Gasteiger partial charge in [0.05, 0.1) is 0 Å². The Morgan fingerprint density at radius 1 is 1.20 bits per heavy atom. The van der Waals surface area contributed by atoms with E-state index >= 15 is 0 Å². The van der Waals surface area contributed by atoms with E-state index in [1.54, 1.807) is 0 Å². The maximum Gasteiger partial charge on any atom is 0.0396 e. The number of likely N-dealkylation sites (N-methyl/N-ethyl adjacent to an activating group) is 2. The molecular formula is C13H22N2. The Morgan fingerprint density at radius 3 is 2.53 bits per heavy atom. The second-order valence-electron chi connectivity index (χ2n) is 3.72. The molecule has 0 aromatic heterocycles. The molecule has 2 heteroatoms. The lowest BCUT2D eigenvalue weighted by Crippen LogP contribution is -2.32. The summed E-state index contributed by atoms with van der Waals surface area (Å²) in [6.45, 7) is 10.8. The van der Waals surface area contributed by atoms with E-state index in [4.69, 9.17) is 0 Å². The van der Waals surface area contributed by atoms with Gasteiger partial charge in [-0.1, -0.05) is 25.1 Å². The van der Waals surface area contributed by atoms with Crippen LogP contribution in [0.1, 0.15) is 19.4 Å². The number of rotatable bonds is 6. The van der Waals surface area contributed by atoms with Crippen LogP contribution in [0, 0.1) is 6.92 Å². The van der Waals surface area contributed by atoms with Crippen LogP contribution in [0.5, 0.6) is 0 Å². The van der Waals surface area contributed by atoms with Crippen LogP contribution in [0.2, 0.25) is 0 Å². The van der Waals surface area contributed by atoms with Gasteiger partial charge in [0.25, 0.3) is 0 Å². The smallest absolute Gasteiger partial charge is 0.0396 e. The molecule has 0 bridgehead atoms. The van der Waals surface area contributed by atoms with Gasteiger partial charge in [0.15, 0.2) is 0 Å². The summed E-state index contributed by atoms with van der Waals surface area (Å²) in [5.74, 6) is 0. The predicted octanol–water partition coefficient (Wildman–Crippen LogP) is 2.43. The third kappa shape index (κ3) is 3.56. The van der Waals surface area contributed by atoms with E-state index in [1.165, 1.54) is 11.3 Å². The van der Waals surface area contributed by atoms with E-state index in [2.05, 4.69) is 55.3 Å². The molecular weight excluding hydrogens is 184 g/mol. The Bertz CT molecular complexity index is 284. The molecule has 0 heterocycles. The number of nitrogens with one attached hydrogen (secondary N) is 1. The quantitative estimate of drug-likeness (QED) is 0.719. The van der Waals surface area contributed by atoms with Gasteiger partial charge < -0.3 is 10.2 Å². The monoisotopic (exact) mass is 206 g/mol. The maximum absolute atomic E-state index is 3.36. The minimum absolute atomic E-state index is 1.05. The Kier molecular flexibility index (Phi) is 5.19. The van der Waals surface area contributed by atoms with Gasteiger partial charge >= 0.3 is 0 Å². The molecule has 0 amide bonds. The molecule has 84 valence electrons. The van der Waals surface area contributed by atoms with Crippen molar-refractivity contribution in [1.29, 1.82) is 0 Å². The van der Waals surface area contributed by atoms with Gasteiger partial charge in [-0.2, -0.15) is 0 Å². The summed E-state index contributed by atoms with van der Waals surface area (Å²) in [4.78, 5) is 2.41. The van der Waals surface area contributed by atoms with Crippen LogP contribution in [0.25, 0.3) is 0 Å². The summed E-state index contributed by atoms with van der Waals surface area (Å²) in [6, 6.07) is 8.57. The van der Waals surface area contributed by atoms with Gasteiger partial charge in [-0.3, -0.25) is 0 Å². The number of hydrogen-bond acceptors (Lipinski definition) is 2. The van der Waals surface area contributed by atoms with Gasteiger partial charge in [0, 0.05) is 25.3 Å². The largest absolute Gasteiger partial charge is 0.370 e. The van der Waals surface area contributed by atoms with Crippen molar-refractivity contribution < 1.29 is 0 Å². The minimum Gasteiger partial charge on any atom is -0.370 e. The van der Waals surface area contributed by atoms with Gasteiger partial charge in [0.1, 0.15) is 0 Å². The Hall–Kier alpha value is -1.02. The van der Waals surface area contributed by atoms with E-state index in [9.17, 15) is 0 Å². The number of anilines is 1. The second kappa shape index (κ2) is 6.46. The van der Waals surface area contributed by atoms with E-state index in [0.717, 1.165) is 26.2 Å². The zero-order valence-corrected chi connectivity index (χ0v) is 10.1. The summed E-state index contributed by atoms with van der Waals surface area (Å²) < 4.78 is 0. The third-order valence-corrected chi connectivity index (χ3v) is 2.65. The fourth-order valence-corrected chi connectivity index (χ4v) is 1.76. The van der Waals surface area contributed by atoms with Crippen LogP contribution in [-0.4, -0.2) is 26.2 Å². The van der Waals surface area contributed by atoms with E-state index in [0.29, 0.717) is 0 Å².